The maximum Gasteiger partial charge on any atom is 0.394 e. The maximum absolute atomic E-state index is 8.74. The van der Waals surface area contributed by atoms with Crippen LogP contribution in [0.1, 0.15) is 0 Å². The van der Waals surface area contributed by atoms with Crippen LogP contribution in [0.15, 0.2) is 0 Å². The topological polar surface area (TPSA) is 74.6 Å². The van der Waals surface area contributed by atoms with Crippen LogP contribution in [0.25, 0.3) is 0 Å². The van der Waals surface area contributed by atoms with Gasteiger partial charge in [-0.05, 0) is 0 Å². The van der Waals surface area contributed by atoms with Gasteiger partial charge in [0.15, 0.2) is 0 Å². The molecule has 0 unspecified atom stereocenters. The van der Waals surface area contributed by atoms with Crippen LogP contribution in [0.4, 0.5) is 0 Å². The minimum absolute atomic E-state index is 0. The van der Waals surface area contributed by atoms with E-state index in [4.69, 9.17) is 17.5 Å². The van der Waals surface area contributed by atoms with E-state index >= 15 is 0 Å². The second kappa shape index (κ2) is 5.41. The van der Waals surface area contributed by atoms with Gasteiger partial charge in [0.2, 0.25) is 0 Å². The second-order valence-electron chi connectivity index (χ2n) is 0.448. The van der Waals surface area contributed by atoms with Crippen LogP contribution in [0.2, 0.25) is 0 Å². The monoisotopic (exact) mass is 251 g/mol. The summed E-state index contributed by atoms with van der Waals surface area (Å²) in [5.74, 6) is 0. The molecule has 0 aliphatic rings. The molecule has 0 heterocycles. The van der Waals surface area contributed by atoms with Crippen molar-refractivity contribution in [3.8, 4) is 0 Å². The van der Waals surface area contributed by atoms with E-state index in [2.05, 4.69) is 0 Å². The van der Waals surface area contributed by atoms with Crippen molar-refractivity contribution in [3.05, 3.63) is 0 Å². The molecule has 0 rings (SSSR count). The Morgan fingerprint density at radius 3 is 1.14 bits per heavy atom. The molecule has 0 aliphatic carbocycles. The van der Waals surface area contributed by atoms with Gasteiger partial charge in [-0.3, -0.25) is 9.11 Å². The molecular weight excluding hydrogens is 251 g/mol. The van der Waals surface area contributed by atoms with Crippen molar-refractivity contribution in [2.75, 3.05) is 0 Å². The van der Waals surface area contributed by atoms with E-state index < -0.39 is 10.4 Å². The zero-order chi connectivity index (χ0) is 4.50. The first-order valence-corrected chi connectivity index (χ1v) is 2.10. The minimum atomic E-state index is -4.67. The summed E-state index contributed by atoms with van der Waals surface area (Å²) in [5.41, 5.74) is 0. The van der Waals surface area contributed by atoms with Crippen LogP contribution >= 0.6 is 0 Å². The molecule has 0 saturated heterocycles. The van der Waals surface area contributed by atoms with Gasteiger partial charge in [-0.2, -0.15) is 8.42 Å². The molecule has 0 amide bonds. The van der Waals surface area contributed by atoms with E-state index in [1.54, 1.807) is 0 Å². The van der Waals surface area contributed by atoms with Crippen LogP contribution in [0, 0.1) is 0 Å². The Morgan fingerprint density at radius 2 is 1.14 bits per heavy atom. The molecule has 2 N–H and O–H groups in total. The Bertz CT molecular complexity index is 94.9. The molecule has 1 radical (unpaired) electrons. The molecule has 47 valence electrons. The van der Waals surface area contributed by atoms with E-state index in [-0.39, 0.29) is 43.3 Å². The van der Waals surface area contributed by atoms with Crippen molar-refractivity contribution in [2.45, 2.75) is 0 Å². The molecule has 0 saturated carbocycles. The SMILES string of the molecule is O=S(=O)(O)O.[Cu].[Zr]. The van der Waals surface area contributed by atoms with Crippen molar-refractivity contribution in [2.24, 2.45) is 0 Å². The third-order valence-corrected chi connectivity index (χ3v) is 0. The normalized spacial score (nSPS) is 8.29. The summed E-state index contributed by atoms with van der Waals surface area (Å²) < 4.78 is 31.6. The number of hydrogen-bond donors (Lipinski definition) is 2. The van der Waals surface area contributed by atoms with Gasteiger partial charge in [0.05, 0.1) is 0 Å². The van der Waals surface area contributed by atoms with Gasteiger partial charge in [-0.1, -0.05) is 0 Å². The van der Waals surface area contributed by atoms with Crippen LogP contribution in [0.3, 0.4) is 0 Å². The molecule has 0 aliphatic heterocycles. The first kappa shape index (κ1) is 15.7. The molecule has 0 fully saturated rings. The maximum atomic E-state index is 8.74. The van der Waals surface area contributed by atoms with Crippen LogP contribution in [0.5, 0.6) is 0 Å². The van der Waals surface area contributed by atoms with Crippen molar-refractivity contribution in [1.29, 1.82) is 0 Å². The van der Waals surface area contributed by atoms with Gasteiger partial charge in [0.1, 0.15) is 0 Å². The molecule has 0 aromatic carbocycles. The summed E-state index contributed by atoms with van der Waals surface area (Å²) in [7, 11) is -4.67. The Hall–Kier alpha value is 1.27. The zero-order valence-corrected chi connectivity index (χ0v) is 7.14. The van der Waals surface area contributed by atoms with Gasteiger partial charge >= 0.3 is 10.4 Å². The minimum Gasteiger partial charge on any atom is -0.264 e. The quantitative estimate of drug-likeness (QED) is 0.444. The summed E-state index contributed by atoms with van der Waals surface area (Å²) in [6.07, 6.45) is 0. The Labute approximate surface area is 70.9 Å². The van der Waals surface area contributed by atoms with Crippen LogP contribution in [-0.2, 0) is 53.7 Å². The summed E-state index contributed by atoms with van der Waals surface area (Å²) in [5, 5.41) is 0. The van der Waals surface area contributed by atoms with Crippen LogP contribution in [-0.4, -0.2) is 17.5 Å². The van der Waals surface area contributed by atoms with Crippen molar-refractivity contribution < 1.29 is 60.8 Å². The van der Waals surface area contributed by atoms with Crippen molar-refractivity contribution in [3.63, 3.8) is 0 Å². The summed E-state index contributed by atoms with van der Waals surface area (Å²) >= 11 is 0. The first-order valence-electron chi connectivity index (χ1n) is 0.698. The molecule has 7 heavy (non-hydrogen) atoms. The molecular formula is H2CuO4SZr. The van der Waals surface area contributed by atoms with Gasteiger partial charge in [-0.25, -0.2) is 0 Å². The molecule has 7 heteroatoms. The fourth-order valence-corrected chi connectivity index (χ4v) is 0. The number of rotatable bonds is 0. The van der Waals surface area contributed by atoms with E-state index in [1.807, 2.05) is 0 Å². The smallest absolute Gasteiger partial charge is 0.264 e. The zero-order valence-electron chi connectivity index (χ0n) is 2.92. The predicted octanol–water partition coefficient (Wildman–Crippen LogP) is -0.658. The van der Waals surface area contributed by atoms with Gasteiger partial charge in [0.25, 0.3) is 0 Å². The third kappa shape index (κ3) is 125. The molecule has 0 aromatic rings. The van der Waals surface area contributed by atoms with Gasteiger partial charge in [-0.15, -0.1) is 0 Å². The first-order chi connectivity index (χ1) is 2.00. The fourth-order valence-electron chi connectivity index (χ4n) is 0. The Morgan fingerprint density at radius 1 is 1.14 bits per heavy atom. The number of hydrogen-bond acceptors (Lipinski definition) is 2. The summed E-state index contributed by atoms with van der Waals surface area (Å²) in [6.45, 7) is 0. The van der Waals surface area contributed by atoms with Gasteiger partial charge in [0, 0.05) is 43.3 Å². The average Bonchev–Trinajstić information content (AvgIpc) is 0.722. The molecule has 0 spiro atoms. The van der Waals surface area contributed by atoms with E-state index in [9.17, 15) is 0 Å². The van der Waals surface area contributed by atoms with Crippen LogP contribution < -0.4 is 0 Å². The largest absolute Gasteiger partial charge is 0.394 e. The summed E-state index contributed by atoms with van der Waals surface area (Å²) in [6, 6.07) is 0. The molecule has 4 nitrogen and oxygen atoms in total. The van der Waals surface area contributed by atoms with Crippen molar-refractivity contribution >= 4 is 10.4 Å². The molecule has 0 bridgehead atoms. The Balaban J connectivity index is -0.0000000800. The third-order valence-electron chi connectivity index (χ3n) is 0. The molecule has 0 atom stereocenters. The summed E-state index contributed by atoms with van der Waals surface area (Å²) in [4.78, 5) is 0. The standard InChI is InChI=1S/Cu.H2O4S.Zr/c;1-5(2,3)4;/h;(H2,1,2,3,4);. The van der Waals surface area contributed by atoms with E-state index in [0.717, 1.165) is 0 Å². The van der Waals surface area contributed by atoms with E-state index in [0.29, 0.717) is 0 Å². The Kier molecular flexibility index (Phi) is 12.2. The molecule has 0 aromatic heterocycles. The fraction of sp³-hybridized carbons (Fsp3) is 0. The predicted molar refractivity (Wildman–Crippen MR) is 14.2 cm³/mol. The van der Waals surface area contributed by atoms with Crippen molar-refractivity contribution in [1.82, 2.24) is 0 Å². The van der Waals surface area contributed by atoms with Gasteiger partial charge < -0.3 is 0 Å². The second-order valence-corrected chi connectivity index (χ2v) is 1.34. The average molecular weight is 253 g/mol. The van der Waals surface area contributed by atoms with E-state index in [1.165, 1.54) is 0 Å².